The summed E-state index contributed by atoms with van der Waals surface area (Å²) in [5.74, 6) is -0.457. The number of hydrogen-bond acceptors (Lipinski definition) is 5. The molecule has 138 valence electrons. The number of nitrogens with zero attached hydrogens (tertiary/aromatic N) is 1. The summed E-state index contributed by atoms with van der Waals surface area (Å²) in [6.45, 7) is 1.38. The SMILES string of the molecule is CC(=O)c1cc(F)c(N[C@@H]2CCCC[C@@H]2N)nc1Nc1cccc(Cl)c1. The average molecular weight is 377 g/mol. The summed E-state index contributed by atoms with van der Waals surface area (Å²) < 4.78 is 14.5. The fourth-order valence-electron chi connectivity index (χ4n) is 3.17. The van der Waals surface area contributed by atoms with Gasteiger partial charge in [0.25, 0.3) is 0 Å². The van der Waals surface area contributed by atoms with E-state index in [1.807, 2.05) is 0 Å². The topological polar surface area (TPSA) is 80.0 Å². The van der Waals surface area contributed by atoms with Gasteiger partial charge in [0.2, 0.25) is 0 Å². The lowest BCUT2D eigenvalue weighted by Gasteiger charge is -2.30. The highest BCUT2D eigenvalue weighted by Crippen LogP contribution is 2.27. The zero-order chi connectivity index (χ0) is 18.7. The summed E-state index contributed by atoms with van der Waals surface area (Å²) in [6.07, 6.45) is 3.90. The molecule has 2 aromatic rings. The van der Waals surface area contributed by atoms with E-state index in [0.29, 0.717) is 10.7 Å². The maximum atomic E-state index is 14.5. The van der Waals surface area contributed by atoms with E-state index in [2.05, 4.69) is 15.6 Å². The third-order valence-electron chi connectivity index (χ3n) is 4.58. The molecule has 1 fully saturated rings. The van der Waals surface area contributed by atoms with Crippen LogP contribution in [0.25, 0.3) is 0 Å². The van der Waals surface area contributed by atoms with E-state index in [0.717, 1.165) is 25.7 Å². The lowest BCUT2D eigenvalue weighted by atomic mass is 9.91. The van der Waals surface area contributed by atoms with Crippen LogP contribution in [-0.2, 0) is 0 Å². The number of aromatic nitrogens is 1. The van der Waals surface area contributed by atoms with Gasteiger partial charge in [-0.1, -0.05) is 30.5 Å². The predicted octanol–water partition coefficient (Wildman–Crippen LogP) is 4.50. The Morgan fingerprint density at radius 1 is 1.27 bits per heavy atom. The molecular formula is C19H22ClFN4O. The first-order chi connectivity index (χ1) is 12.4. The molecule has 3 rings (SSSR count). The molecular weight excluding hydrogens is 355 g/mol. The minimum Gasteiger partial charge on any atom is -0.363 e. The number of nitrogens with one attached hydrogen (secondary N) is 2. The highest BCUT2D eigenvalue weighted by molar-refractivity contribution is 6.30. The van der Waals surface area contributed by atoms with Crippen molar-refractivity contribution in [2.24, 2.45) is 5.73 Å². The van der Waals surface area contributed by atoms with E-state index in [4.69, 9.17) is 17.3 Å². The Bertz CT molecular complexity index is 814. The quantitative estimate of drug-likeness (QED) is 0.669. The van der Waals surface area contributed by atoms with Crippen LogP contribution in [0, 0.1) is 5.82 Å². The third kappa shape index (κ3) is 4.31. The molecule has 4 N–H and O–H groups in total. The lowest BCUT2D eigenvalue weighted by Crippen LogP contribution is -2.43. The normalized spacial score (nSPS) is 19.8. The van der Waals surface area contributed by atoms with Gasteiger partial charge in [-0.25, -0.2) is 9.37 Å². The van der Waals surface area contributed by atoms with E-state index < -0.39 is 5.82 Å². The van der Waals surface area contributed by atoms with E-state index in [-0.39, 0.29) is 35.1 Å². The van der Waals surface area contributed by atoms with Crippen molar-refractivity contribution >= 4 is 34.7 Å². The molecule has 0 spiro atoms. The zero-order valence-corrected chi connectivity index (χ0v) is 15.3. The van der Waals surface area contributed by atoms with Crippen LogP contribution >= 0.6 is 11.6 Å². The molecule has 2 atom stereocenters. The molecule has 26 heavy (non-hydrogen) atoms. The smallest absolute Gasteiger partial charge is 0.166 e. The number of Topliss-reactive ketones (excluding diaryl/α,β-unsaturated/α-hetero) is 1. The molecule has 1 saturated carbocycles. The fraction of sp³-hybridized carbons (Fsp3) is 0.368. The maximum Gasteiger partial charge on any atom is 0.166 e. The van der Waals surface area contributed by atoms with Crippen molar-refractivity contribution in [3.05, 3.63) is 46.7 Å². The first-order valence-corrected chi connectivity index (χ1v) is 9.08. The Balaban J connectivity index is 1.92. The minimum absolute atomic E-state index is 0.0343. The monoisotopic (exact) mass is 376 g/mol. The van der Waals surface area contributed by atoms with E-state index in [1.54, 1.807) is 24.3 Å². The summed E-state index contributed by atoms with van der Waals surface area (Å²) >= 11 is 6.00. The third-order valence-corrected chi connectivity index (χ3v) is 4.82. The van der Waals surface area contributed by atoms with Crippen molar-refractivity contribution in [3.8, 4) is 0 Å². The van der Waals surface area contributed by atoms with Crippen molar-refractivity contribution < 1.29 is 9.18 Å². The second kappa shape index (κ2) is 8.01. The number of halogens is 2. The first-order valence-electron chi connectivity index (χ1n) is 8.70. The number of nitrogens with two attached hydrogens (primary N) is 1. The predicted molar refractivity (Wildman–Crippen MR) is 103 cm³/mol. The van der Waals surface area contributed by atoms with Gasteiger partial charge in [-0.15, -0.1) is 0 Å². The standard InChI is InChI=1S/C19H22ClFN4O/c1-11(26)14-10-15(21)19(24-17-8-3-2-7-16(17)22)25-18(14)23-13-6-4-5-12(20)9-13/h4-6,9-10,16-17H,2-3,7-8,22H2,1H3,(H2,23,24,25)/t16-,17+/m0/s1. The number of pyridine rings is 1. The summed E-state index contributed by atoms with van der Waals surface area (Å²) in [7, 11) is 0. The van der Waals surface area contributed by atoms with Crippen LogP contribution in [-0.4, -0.2) is 22.9 Å². The summed E-state index contributed by atoms with van der Waals surface area (Å²) in [6, 6.07) is 8.16. The highest BCUT2D eigenvalue weighted by atomic mass is 35.5. The molecule has 1 aromatic heterocycles. The van der Waals surface area contributed by atoms with Crippen molar-refractivity contribution in [1.82, 2.24) is 4.98 Å². The molecule has 5 nitrogen and oxygen atoms in total. The van der Waals surface area contributed by atoms with E-state index in [1.165, 1.54) is 13.0 Å². The van der Waals surface area contributed by atoms with Crippen LogP contribution in [0.1, 0.15) is 43.0 Å². The Morgan fingerprint density at radius 3 is 2.73 bits per heavy atom. The molecule has 0 saturated heterocycles. The Kier molecular flexibility index (Phi) is 5.74. The molecule has 0 bridgehead atoms. The van der Waals surface area contributed by atoms with E-state index in [9.17, 15) is 9.18 Å². The number of carbonyl (C=O) groups excluding carboxylic acids is 1. The zero-order valence-electron chi connectivity index (χ0n) is 14.6. The van der Waals surface area contributed by atoms with Crippen molar-refractivity contribution in [3.63, 3.8) is 0 Å². The number of carbonyl (C=O) groups is 1. The average Bonchev–Trinajstić information content (AvgIpc) is 2.59. The van der Waals surface area contributed by atoms with Gasteiger partial charge in [0.05, 0.1) is 5.56 Å². The molecule has 0 unspecified atom stereocenters. The lowest BCUT2D eigenvalue weighted by molar-refractivity contribution is 0.101. The maximum absolute atomic E-state index is 14.5. The van der Waals surface area contributed by atoms with Crippen molar-refractivity contribution in [2.75, 3.05) is 10.6 Å². The number of rotatable bonds is 5. The molecule has 1 aliphatic rings. The highest BCUT2D eigenvalue weighted by Gasteiger charge is 2.24. The van der Waals surface area contributed by atoms with Crippen molar-refractivity contribution in [1.29, 1.82) is 0 Å². The summed E-state index contributed by atoms with van der Waals surface area (Å²) in [5, 5.41) is 6.72. The van der Waals surface area contributed by atoms with Crippen LogP contribution in [0.3, 0.4) is 0 Å². The van der Waals surface area contributed by atoms with Crippen LogP contribution in [0.2, 0.25) is 5.02 Å². The molecule has 1 heterocycles. The molecule has 0 radical (unpaired) electrons. The Hall–Kier alpha value is -2.18. The van der Waals surface area contributed by atoms with Gasteiger partial charge in [-0.3, -0.25) is 4.79 Å². The van der Waals surface area contributed by atoms with Crippen LogP contribution in [0.5, 0.6) is 0 Å². The number of ketones is 1. The molecule has 0 aliphatic heterocycles. The van der Waals surface area contributed by atoms with E-state index >= 15 is 0 Å². The van der Waals surface area contributed by atoms with Gasteiger partial charge < -0.3 is 16.4 Å². The second-order valence-electron chi connectivity index (χ2n) is 6.61. The number of anilines is 3. The van der Waals surface area contributed by atoms with Gasteiger partial charge >= 0.3 is 0 Å². The summed E-state index contributed by atoms with van der Waals surface area (Å²) in [4.78, 5) is 16.2. The second-order valence-corrected chi connectivity index (χ2v) is 7.04. The first kappa shape index (κ1) is 18.6. The summed E-state index contributed by atoms with van der Waals surface area (Å²) in [5.41, 5.74) is 6.98. The Labute approximate surface area is 157 Å². The number of benzene rings is 1. The van der Waals surface area contributed by atoms with Crippen molar-refractivity contribution in [2.45, 2.75) is 44.7 Å². The number of hydrogen-bond donors (Lipinski definition) is 3. The fourth-order valence-corrected chi connectivity index (χ4v) is 3.36. The van der Waals surface area contributed by atoms with Gasteiger partial charge in [-0.2, -0.15) is 0 Å². The van der Waals surface area contributed by atoms with Gasteiger partial charge in [0.1, 0.15) is 5.82 Å². The minimum atomic E-state index is -0.565. The van der Waals surface area contributed by atoms with Gasteiger partial charge in [-0.05, 0) is 44.0 Å². The molecule has 0 amide bonds. The van der Waals surface area contributed by atoms with Gasteiger partial charge in [0.15, 0.2) is 17.4 Å². The van der Waals surface area contributed by atoms with Crippen LogP contribution < -0.4 is 16.4 Å². The Morgan fingerprint density at radius 2 is 2.04 bits per heavy atom. The van der Waals surface area contributed by atoms with Crippen LogP contribution in [0.15, 0.2) is 30.3 Å². The molecule has 1 aliphatic carbocycles. The molecule has 1 aromatic carbocycles. The van der Waals surface area contributed by atoms with Gasteiger partial charge in [0, 0.05) is 22.8 Å². The largest absolute Gasteiger partial charge is 0.363 e. The van der Waals surface area contributed by atoms with Crippen LogP contribution in [0.4, 0.5) is 21.7 Å². The molecule has 7 heteroatoms.